The summed E-state index contributed by atoms with van der Waals surface area (Å²) in [6.07, 6.45) is 2.69. The molecule has 23 heavy (non-hydrogen) atoms. The van der Waals surface area contributed by atoms with Gasteiger partial charge in [0.15, 0.2) is 10.8 Å². The second kappa shape index (κ2) is 6.37. The Morgan fingerprint density at radius 3 is 2.83 bits per heavy atom. The first kappa shape index (κ1) is 14.9. The minimum absolute atomic E-state index is 0.0609. The number of rotatable bonds is 3. The number of carbonyl (C=O) groups is 1. The maximum Gasteiger partial charge on any atom is 0.325 e. The van der Waals surface area contributed by atoms with Crippen LogP contribution in [-0.2, 0) is 4.79 Å². The van der Waals surface area contributed by atoms with E-state index < -0.39 is 5.91 Å². The van der Waals surface area contributed by atoms with Crippen LogP contribution in [0.2, 0.25) is 5.22 Å². The van der Waals surface area contributed by atoms with Crippen LogP contribution in [0.5, 0.6) is 0 Å². The molecule has 0 aliphatic heterocycles. The van der Waals surface area contributed by atoms with Gasteiger partial charge in [0.2, 0.25) is 5.96 Å². The largest absolute Gasteiger partial charge is 0.445 e. The van der Waals surface area contributed by atoms with Gasteiger partial charge >= 0.3 is 6.01 Å². The molecule has 3 N–H and O–H groups in total. The number of nitrogens with one attached hydrogen (secondary N) is 1. The molecule has 2 aromatic heterocycles. The van der Waals surface area contributed by atoms with E-state index in [1.54, 1.807) is 24.3 Å². The van der Waals surface area contributed by atoms with E-state index in [2.05, 4.69) is 15.3 Å². The molecular formula is C15H11ClN4O3. The van der Waals surface area contributed by atoms with Crippen molar-refractivity contribution in [2.75, 3.05) is 0 Å². The summed E-state index contributed by atoms with van der Waals surface area (Å²) in [5.74, 6) is -0.168. The standard InChI is InChI=1S/C15H11ClN4O3/c16-12-7-5-9(22-12)6-8-13(21)19-14(17)20-15-18-10-3-1-2-4-11(10)23-15/h1-8H,(H3,17,18,19,20,21). The van der Waals surface area contributed by atoms with Crippen molar-refractivity contribution in [1.82, 2.24) is 10.3 Å². The number of furan rings is 1. The number of carbonyl (C=O) groups excluding carboxylic acids is 1. The van der Waals surface area contributed by atoms with Crippen molar-refractivity contribution in [3.8, 4) is 0 Å². The Labute approximate surface area is 135 Å². The fourth-order valence-electron chi connectivity index (χ4n) is 1.78. The highest BCUT2D eigenvalue weighted by molar-refractivity contribution is 6.28. The van der Waals surface area contributed by atoms with Crippen molar-refractivity contribution in [1.29, 1.82) is 0 Å². The first-order valence-corrected chi connectivity index (χ1v) is 6.92. The number of oxazole rings is 1. The highest BCUT2D eigenvalue weighted by atomic mass is 35.5. The summed E-state index contributed by atoms with van der Waals surface area (Å²) < 4.78 is 10.5. The van der Waals surface area contributed by atoms with Crippen molar-refractivity contribution in [3.05, 3.63) is 53.5 Å². The number of benzene rings is 1. The number of hydrogen-bond donors (Lipinski definition) is 2. The summed E-state index contributed by atoms with van der Waals surface area (Å²) in [5, 5.41) is 2.62. The van der Waals surface area contributed by atoms with Crippen molar-refractivity contribution >= 4 is 46.7 Å². The fourth-order valence-corrected chi connectivity index (χ4v) is 1.93. The smallest absolute Gasteiger partial charge is 0.325 e. The van der Waals surface area contributed by atoms with Crippen LogP contribution < -0.4 is 11.1 Å². The van der Waals surface area contributed by atoms with E-state index in [0.717, 1.165) is 0 Å². The van der Waals surface area contributed by atoms with Crippen LogP contribution in [0.4, 0.5) is 6.01 Å². The van der Waals surface area contributed by atoms with Gasteiger partial charge in [0.05, 0.1) is 0 Å². The molecule has 0 atom stereocenters. The van der Waals surface area contributed by atoms with Gasteiger partial charge in [-0.3, -0.25) is 10.1 Å². The molecule has 0 aliphatic rings. The zero-order valence-corrected chi connectivity index (χ0v) is 12.4. The van der Waals surface area contributed by atoms with E-state index in [9.17, 15) is 4.79 Å². The summed E-state index contributed by atoms with van der Waals surface area (Å²) >= 11 is 5.63. The molecule has 0 aliphatic carbocycles. The van der Waals surface area contributed by atoms with Crippen LogP contribution in [0.25, 0.3) is 17.2 Å². The Kier molecular flexibility index (Phi) is 4.11. The molecule has 0 fully saturated rings. The van der Waals surface area contributed by atoms with E-state index in [4.69, 9.17) is 26.2 Å². The zero-order valence-electron chi connectivity index (χ0n) is 11.7. The maximum absolute atomic E-state index is 11.7. The molecule has 1 amide bonds. The summed E-state index contributed by atoms with van der Waals surface area (Å²) in [4.78, 5) is 19.7. The summed E-state index contributed by atoms with van der Waals surface area (Å²) in [6, 6.07) is 10.4. The van der Waals surface area contributed by atoms with Crippen LogP contribution in [0.3, 0.4) is 0 Å². The lowest BCUT2D eigenvalue weighted by Crippen LogP contribution is -2.35. The quantitative estimate of drug-likeness (QED) is 0.436. The fraction of sp³-hybridized carbons (Fsp3) is 0. The van der Waals surface area contributed by atoms with E-state index in [0.29, 0.717) is 16.9 Å². The summed E-state index contributed by atoms with van der Waals surface area (Å²) in [5.41, 5.74) is 6.88. The average molecular weight is 331 g/mol. The maximum atomic E-state index is 11.7. The van der Waals surface area contributed by atoms with Crippen molar-refractivity contribution < 1.29 is 13.6 Å². The van der Waals surface area contributed by atoms with Gasteiger partial charge in [0.25, 0.3) is 5.91 Å². The van der Waals surface area contributed by atoms with Gasteiger partial charge in [0, 0.05) is 6.08 Å². The molecular weight excluding hydrogens is 320 g/mol. The molecule has 3 aromatic rings. The number of amides is 1. The minimum atomic E-state index is -0.477. The second-order valence-electron chi connectivity index (χ2n) is 4.43. The van der Waals surface area contributed by atoms with Gasteiger partial charge in [-0.2, -0.15) is 9.98 Å². The van der Waals surface area contributed by atoms with Crippen LogP contribution in [-0.4, -0.2) is 16.9 Å². The van der Waals surface area contributed by atoms with Crippen LogP contribution in [0, 0.1) is 0 Å². The SMILES string of the molecule is NC(=Nc1nc2ccccc2o1)NC(=O)C=Cc1ccc(Cl)o1. The third-order valence-electron chi connectivity index (χ3n) is 2.74. The number of nitrogens with zero attached hydrogens (tertiary/aromatic N) is 2. The van der Waals surface area contributed by atoms with Crippen molar-refractivity contribution in [2.45, 2.75) is 0 Å². The molecule has 116 valence electrons. The lowest BCUT2D eigenvalue weighted by molar-refractivity contribution is -0.115. The molecule has 0 spiro atoms. The molecule has 0 bridgehead atoms. The molecule has 0 unspecified atom stereocenters. The third-order valence-corrected chi connectivity index (χ3v) is 2.95. The number of fused-ring (bicyclic) bond motifs is 1. The number of aliphatic imine (C=N–C) groups is 1. The molecule has 0 saturated carbocycles. The van der Waals surface area contributed by atoms with Crippen LogP contribution in [0.1, 0.15) is 5.76 Å². The van der Waals surface area contributed by atoms with E-state index in [1.807, 2.05) is 12.1 Å². The minimum Gasteiger partial charge on any atom is -0.445 e. The second-order valence-corrected chi connectivity index (χ2v) is 4.80. The first-order chi connectivity index (χ1) is 11.1. The molecule has 0 radical (unpaired) electrons. The van der Waals surface area contributed by atoms with E-state index >= 15 is 0 Å². The Morgan fingerprint density at radius 1 is 1.26 bits per heavy atom. The number of nitrogens with two attached hydrogens (primary N) is 1. The number of halogens is 1. The Balaban J connectivity index is 1.66. The predicted molar refractivity (Wildman–Crippen MR) is 86.2 cm³/mol. The zero-order chi connectivity index (χ0) is 16.2. The van der Waals surface area contributed by atoms with E-state index in [-0.39, 0.29) is 17.2 Å². The first-order valence-electron chi connectivity index (χ1n) is 6.54. The Hall–Kier alpha value is -3.06. The summed E-state index contributed by atoms with van der Waals surface area (Å²) in [6.45, 7) is 0. The Bertz CT molecular complexity index is 877. The van der Waals surface area contributed by atoms with Gasteiger partial charge in [-0.15, -0.1) is 0 Å². The number of guanidine groups is 1. The highest BCUT2D eigenvalue weighted by Gasteiger charge is 2.05. The lowest BCUT2D eigenvalue weighted by atomic mass is 10.3. The molecule has 2 heterocycles. The van der Waals surface area contributed by atoms with Crippen LogP contribution in [0.15, 0.2) is 56.3 Å². The van der Waals surface area contributed by atoms with Gasteiger partial charge in [-0.25, -0.2) is 0 Å². The van der Waals surface area contributed by atoms with Crippen molar-refractivity contribution in [2.24, 2.45) is 10.7 Å². The third kappa shape index (κ3) is 3.78. The van der Waals surface area contributed by atoms with Gasteiger partial charge < -0.3 is 14.6 Å². The predicted octanol–water partition coefficient (Wildman–Crippen LogP) is 2.85. The molecule has 1 aromatic carbocycles. The molecule has 8 heteroatoms. The average Bonchev–Trinajstić information content (AvgIpc) is 3.10. The topological polar surface area (TPSA) is 107 Å². The van der Waals surface area contributed by atoms with Crippen LogP contribution >= 0.6 is 11.6 Å². The highest BCUT2D eigenvalue weighted by Crippen LogP contribution is 2.19. The number of aromatic nitrogens is 1. The molecule has 3 rings (SSSR count). The lowest BCUT2D eigenvalue weighted by Gasteiger charge is -1.98. The van der Waals surface area contributed by atoms with Gasteiger partial charge in [-0.1, -0.05) is 12.1 Å². The van der Waals surface area contributed by atoms with Gasteiger partial charge in [0.1, 0.15) is 11.3 Å². The normalized spacial score (nSPS) is 12.1. The van der Waals surface area contributed by atoms with Crippen molar-refractivity contribution in [3.63, 3.8) is 0 Å². The molecule has 7 nitrogen and oxygen atoms in total. The van der Waals surface area contributed by atoms with E-state index in [1.165, 1.54) is 12.2 Å². The van der Waals surface area contributed by atoms with Gasteiger partial charge in [-0.05, 0) is 41.9 Å². The number of hydrogen-bond acceptors (Lipinski definition) is 5. The number of para-hydroxylation sites is 2. The Morgan fingerprint density at radius 2 is 2.09 bits per heavy atom. The molecule has 0 saturated heterocycles. The monoisotopic (exact) mass is 330 g/mol. The summed E-state index contributed by atoms with van der Waals surface area (Å²) in [7, 11) is 0.